The van der Waals surface area contributed by atoms with Crippen molar-refractivity contribution in [3.05, 3.63) is 58.4 Å². The monoisotopic (exact) mass is 305 g/mol. The van der Waals surface area contributed by atoms with Crippen LogP contribution in [-0.4, -0.2) is 13.2 Å². The molecule has 0 saturated carbocycles. The van der Waals surface area contributed by atoms with Gasteiger partial charge in [0.1, 0.15) is 11.6 Å². The van der Waals surface area contributed by atoms with Crippen LogP contribution >= 0.6 is 11.6 Å². The molecule has 1 unspecified atom stereocenters. The maximum atomic E-state index is 13.8. The van der Waals surface area contributed by atoms with E-state index >= 15 is 0 Å². The third-order valence-corrected chi connectivity index (χ3v) is 4.17. The Hall–Kier alpha value is -1.74. The summed E-state index contributed by atoms with van der Waals surface area (Å²) in [5.41, 5.74) is 3.08. The second-order valence-corrected chi connectivity index (χ2v) is 5.78. The molecule has 2 nitrogen and oxygen atoms in total. The molecule has 0 saturated heterocycles. The molecule has 1 atom stereocenters. The number of halogens is 2. The third kappa shape index (κ3) is 3.13. The first-order chi connectivity index (χ1) is 10.2. The summed E-state index contributed by atoms with van der Waals surface area (Å²) in [4.78, 5) is 0. The van der Waals surface area contributed by atoms with E-state index in [4.69, 9.17) is 16.3 Å². The first-order valence-electron chi connectivity index (χ1n) is 7.03. The summed E-state index contributed by atoms with van der Waals surface area (Å²) in [5, 5.41) is 3.81. The summed E-state index contributed by atoms with van der Waals surface area (Å²) < 4.78 is 19.1. The van der Waals surface area contributed by atoms with Crippen LogP contribution in [0.2, 0.25) is 5.02 Å². The fourth-order valence-electron chi connectivity index (χ4n) is 2.81. The topological polar surface area (TPSA) is 21.3 Å². The molecule has 2 aromatic rings. The number of hydrogen-bond donors (Lipinski definition) is 1. The molecule has 1 aliphatic carbocycles. The van der Waals surface area contributed by atoms with Gasteiger partial charge >= 0.3 is 0 Å². The zero-order valence-corrected chi connectivity index (χ0v) is 12.6. The van der Waals surface area contributed by atoms with Crippen molar-refractivity contribution in [3.8, 4) is 5.75 Å². The number of ether oxygens (including phenoxy) is 1. The number of fused-ring (bicyclic) bond motifs is 1. The summed E-state index contributed by atoms with van der Waals surface area (Å²) >= 11 is 5.93. The minimum absolute atomic E-state index is 0.206. The summed E-state index contributed by atoms with van der Waals surface area (Å²) in [6, 6.07) is 11.0. The van der Waals surface area contributed by atoms with Gasteiger partial charge in [-0.3, -0.25) is 0 Å². The van der Waals surface area contributed by atoms with Crippen LogP contribution < -0.4 is 10.1 Å². The number of rotatable bonds is 3. The van der Waals surface area contributed by atoms with E-state index in [9.17, 15) is 4.39 Å². The molecule has 0 aliphatic heterocycles. The fraction of sp³-hybridized carbons (Fsp3) is 0.294. The van der Waals surface area contributed by atoms with Crippen molar-refractivity contribution in [2.75, 3.05) is 12.4 Å². The van der Waals surface area contributed by atoms with Gasteiger partial charge in [-0.25, -0.2) is 4.39 Å². The zero-order valence-electron chi connectivity index (χ0n) is 11.8. The molecule has 2 aromatic carbocycles. The highest BCUT2D eigenvalue weighted by Crippen LogP contribution is 2.28. The number of methoxy groups -OCH3 is 1. The molecule has 1 aliphatic rings. The Balaban J connectivity index is 1.78. The van der Waals surface area contributed by atoms with E-state index in [0.717, 1.165) is 25.0 Å². The fourth-order valence-corrected chi connectivity index (χ4v) is 2.98. The van der Waals surface area contributed by atoms with Crippen LogP contribution in [0, 0.1) is 5.82 Å². The Morgan fingerprint density at radius 1 is 1.19 bits per heavy atom. The molecule has 0 bridgehead atoms. The average Bonchev–Trinajstić information content (AvgIpc) is 2.50. The maximum Gasteiger partial charge on any atom is 0.146 e. The van der Waals surface area contributed by atoms with E-state index in [1.807, 2.05) is 6.07 Å². The van der Waals surface area contributed by atoms with Crippen LogP contribution in [0.15, 0.2) is 36.4 Å². The molecule has 0 fully saturated rings. The van der Waals surface area contributed by atoms with Gasteiger partial charge in [0.2, 0.25) is 0 Å². The molecule has 0 heterocycles. The van der Waals surface area contributed by atoms with E-state index in [1.54, 1.807) is 19.2 Å². The first-order valence-corrected chi connectivity index (χ1v) is 7.41. The summed E-state index contributed by atoms with van der Waals surface area (Å²) in [7, 11) is 1.67. The van der Waals surface area contributed by atoms with E-state index in [-0.39, 0.29) is 11.9 Å². The summed E-state index contributed by atoms with van der Waals surface area (Å²) in [6.07, 6.45) is 2.82. The van der Waals surface area contributed by atoms with Gasteiger partial charge in [-0.2, -0.15) is 0 Å². The van der Waals surface area contributed by atoms with E-state index < -0.39 is 0 Å². The predicted molar refractivity (Wildman–Crippen MR) is 83.8 cm³/mol. The Morgan fingerprint density at radius 3 is 2.86 bits per heavy atom. The first kappa shape index (κ1) is 14.2. The third-order valence-electron chi connectivity index (χ3n) is 3.93. The minimum atomic E-state index is -0.268. The SMILES string of the molecule is COc1ccc2c(c1)CC(Nc1cc(Cl)ccc1F)CC2. The van der Waals surface area contributed by atoms with Crippen molar-refractivity contribution in [2.45, 2.75) is 25.3 Å². The van der Waals surface area contributed by atoms with Crippen molar-refractivity contribution in [2.24, 2.45) is 0 Å². The number of benzene rings is 2. The second-order valence-electron chi connectivity index (χ2n) is 5.34. The molecular weight excluding hydrogens is 289 g/mol. The normalized spacial score (nSPS) is 17.2. The second kappa shape index (κ2) is 5.94. The quantitative estimate of drug-likeness (QED) is 0.904. The maximum absolute atomic E-state index is 13.8. The number of anilines is 1. The van der Waals surface area contributed by atoms with Crippen molar-refractivity contribution in [3.63, 3.8) is 0 Å². The molecule has 110 valence electrons. The molecule has 3 rings (SSSR count). The van der Waals surface area contributed by atoms with Gasteiger partial charge in [0, 0.05) is 11.1 Å². The highest BCUT2D eigenvalue weighted by atomic mass is 35.5. The number of aryl methyl sites for hydroxylation is 1. The molecule has 0 radical (unpaired) electrons. The van der Waals surface area contributed by atoms with Crippen molar-refractivity contribution >= 4 is 17.3 Å². The van der Waals surface area contributed by atoms with Gasteiger partial charge in [-0.05, 0) is 60.7 Å². The summed E-state index contributed by atoms with van der Waals surface area (Å²) in [5.74, 6) is 0.596. The van der Waals surface area contributed by atoms with Gasteiger partial charge in [0.05, 0.1) is 12.8 Å². The molecule has 0 aromatic heterocycles. The average molecular weight is 306 g/mol. The van der Waals surface area contributed by atoms with E-state index in [0.29, 0.717) is 10.7 Å². The number of hydrogen-bond acceptors (Lipinski definition) is 2. The Kier molecular flexibility index (Phi) is 4.02. The predicted octanol–water partition coefficient (Wildman–Crippen LogP) is 4.46. The molecule has 4 heteroatoms. The molecule has 21 heavy (non-hydrogen) atoms. The van der Waals surface area contributed by atoms with Gasteiger partial charge in [-0.15, -0.1) is 0 Å². The Labute approximate surface area is 128 Å². The van der Waals surface area contributed by atoms with Crippen LogP contribution in [0.5, 0.6) is 5.75 Å². The smallest absolute Gasteiger partial charge is 0.146 e. The van der Waals surface area contributed by atoms with E-state index in [2.05, 4.69) is 17.4 Å². The van der Waals surface area contributed by atoms with Crippen LogP contribution in [0.3, 0.4) is 0 Å². The van der Waals surface area contributed by atoms with Crippen molar-refractivity contribution in [1.29, 1.82) is 0 Å². The lowest BCUT2D eigenvalue weighted by Crippen LogP contribution is -2.27. The highest BCUT2D eigenvalue weighted by molar-refractivity contribution is 6.30. The lowest BCUT2D eigenvalue weighted by Gasteiger charge is -2.27. The largest absolute Gasteiger partial charge is 0.497 e. The molecule has 1 N–H and O–H groups in total. The van der Waals surface area contributed by atoms with Crippen molar-refractivity contribution in [1.82, 2.24) is 0 Å². The lowest BCUT2D eigenvalue weighted by molar-refractivity contribution is 0.413. The summed E-state index contributed by atoms with van der Waals surface area (Å²) in [6.45, 7) is 0. The Morgan fingerprint density at radius 2 is 2.05 bits per heavy atom. The molecule has 0 amide bonds. The van der Waals surface area contributed by atoms with Crippen LogP contribution in [0.25, 0.3) is 0 Å². The number of nitrogens with one attached hydrogen (secondary N) is 1. The Bertz CT molecular complexity index is 659. The van der Waals surface area contributed by atoms with Crippen molar-refractivity contribution < 1.29 is 9.13 Å². The molecular formula is C17H17ClFNO. The van der Waals surface area contributed by atoms with Gasteiger partial charge in [-0.1, -0.05) is 17.7 Å². The van der Waals surface area contributed by atoms with Crippen LogP contribution in [0.4, 0.5) is 10.1 Å². The highest BCUT2D eigenvalue weighted by Gasteiger charge is 2.20. The zero-order chi connectivity index (χ0) is 14.8. The van der Waals surface area contributed by atoms with Gasteiger partial charge in [0.25, 0.3) is 0 Å². The minimum Gasteiger partial charge on any atom is -0.497 e. The van der Waals surface area contributed by atoms with Crippen LogP contribution in [-0.2, 0) is 12.8 Å². The molecule has 0 spiro atoms. The lowest BCUT2D eigenvalue weighted by atomic mass is 9.88. The van der Waals surface area contributed by atoms with Gasteiger partial charge < -0.3 is 10.1 Å². The van der Waals surface area contributed by atoms with Crippen LogP contribution in [0.1, 0.15) is 17.5 Å². The standard InChI is InChI=1S/C17H17ClFNO/c1-21-15-6-3-11-2-5-14(8-12(11)9-15)20-17-10-13(18)4-7-16(17)19/h3-4,6-7,9-10,14,20H,2,5,8H2,1H3. The van der Waals surface area contributed by atoms with Gasteiger partial charge in [0.15, 0.2) is 0 Å². The van der Waals surface area contributed by atoms with E-state index in [1.165, 1.54) is 17.2 Å².